The number of amides is 2. The van der Waals surface area contributed by atoms with Crippen molar-refractivity contribution in [2.75, 3.05) is 26.2 Å². The van der Waals surface area contributed by atoms with E-state index in [2.05, 4.69) is 0 Å². The third-order valence-corrected chi connectivity index (χ3v) is 3.00. The minimum Gasteiger partial charge on any atom is -0.465 e. The Bertz CT molecular complexity index is 416. The van der Waals surface area contributed by atoms with E-state index in [4.69, 9.17) is 9.47 Å². The van der Waals surface area contributed by atoms with Crippen LogP contribution < -0.4 is 0 Å². The Hall–Kier alpha value is -1.79. The normalized spacial score (nSPS) is 19.5. The molecule has 7 heteroatoms. The van der Waals surface area contributed by atoms with Crippen LogP contribution in [0.3, 0.4) is 0 Å². The van der Waals surface area contributed by atoms with Gasteiger partial charge in [-0.2, -0.15) is 0 Å². The number of esters is 1. The number of ether oxygens (including phenoxy) is 2. The number of nitrogens with zero attached hydrogens (tertiary/aromatic N) is 2. The number of piperazine rings is 1. The second kappa shape index (κ2) is 6.78. The highest BCUT2D eigenvalue weighted by Crippen LogP contribution is 2.16. The standard InChI is InChI=1S/C14H24N2O5/c1-6-20-11(17)9-15-7-8-16(10(2)12(15)18)13(19)21-14(3,4)5/h10H,6-9H2,1-5H3. The minimum atomic E-state index is -0.650. The molecule has 120 valence electrons. The molecule has 1 heterocycles. The first-order chi connectivity index (χ1) is 9.65. The van der Waals surface area contributed by atoms with E-state index in [0.29, 0.717) is 13.1 Å². The van der Waals surface area contributed by atoms with Crippen LogP contribution in [0, 0.1) is 0 Å². The van der Waals surface area contributed by atoms with Crippen molar-refractivity contribution in [2.24, 2.45) is 0 Å². The molecule has 1 fully saturated rings. The van der Waals surface area contributed by atoms with Gasteiger partial charge in [0.2, 0.25) is 5.91 Å². The lowest BCUT2D eigenvalue weighted by Crippen LogP contribution is -2.59. The van der Waals surface area contributed by atoms with Crippen LogP contribution in [0.4, 0.5) is 4.79 Å². The molecule has 0 N–H and O–H groups in total. The molecule has 1 unspecified atom stereocenters. The van der Waals surface area contributed by atoms with Crippen LogP contribution in [-0.2, 0) is 19.1 Å². The Morgan fingerprint density at radius 2 is 1.90 bits per heavy atom. The average Bonchev–Trinajstić information content (AvgIpc) is 2.33. The minimum absolute atomic E-state index is 0.0842. The fraction of sp³-hybridized carbons (Fsp3) is 0.786. The molecule has 0 aromatic carbocycles. The van der Waals surface area contributed by atoms with Crippen LogP contribution in [-0.4, -0.2) is 65.7 Å². The van der Waals surface area contributed by atoms with E-state index in [1.54, 1.807) is 34.6 Å². The number of hydrogen-bond donors (Lipinski definition) is 0. The Kier molecular flexibility index (Phi) is 5.57. The van der Waals surface area contributed by atoms with Crippen molar-refractivity contribution in [3.63, 3.8) is 0 Å². The van der Waals surface area contributed by atoms with E-state index in [9.17, 15) is 14.4 Å². The molecule has 0 aromatic heterocycles. The van der Waals surface area contributed by atoms with Crippen LogP contribution in [0.2, 0.25) is 0 Å². The molecular formula is C14H24N2O5. The van der Waals surface area contributed by atoms with Gasteiger partial charge in [0.25, 0.3) is 0 Å². The van der Waals surface area contributed by atoms with Crippen LogP contribution in [0.1, 0.15) is 34.6 Å². The molecule has 0 spiro atoms. The van der Waals surface area contributed by atoms with Gasteiger partial charge in [0.1, 0.15) is 18.2 Å². The van der Waals surface area contributed by atoms with Gasteiger partial charge in [-0.05, 0) is 34.6 Å². The fourth-order valence-electron chi connectivity index (χ4n) is 2.02. The maximum atomic E-state index is 12.2. The van der Waals surface area contributed by atoms with Crippen molar-refractivity contribution in [1.29, 1.82) is 0 Å². The lowest BCUT2D eigenvalue weighted by molar-refractivity contribution is -0.152. The quantitative estimate of drug-likeness (QED) is 0.727. The lowest BCUT2D eigenvalue weighted by Gasteiger charge is -2.39. The van der Waals surface area contributed by atoms with Crippen molar-refractivity contribution in [2.45, 2.75) is 46.3 Å². The largest absolute Gasteiger partial charge is 0.465 e. The topological polar surface area (TPSA) is 76.2 Å². The first kappa shape index (κ1) is 17.3. The molecule has 2 amide bonds. The number of carbonyl (C=O) groups is 3. The van der Waals surface area contributed by atoms with Crippen molar-refractivity contribution in [3.05, 3.63) is 0 Å². The van der Waals surface area contributed by atoms with E-state index >= 15 is 0 Å². The van der Waals surface area contributed by atoms with Crippen LogP contribution in [0.25, 0.3) is 0 Å². The van der Waals surface area contributed by atoms with E-state index in [1.165, 1.54) is 9.80 Å². The van der Waals surface area contributed by atoms with Gasteiger partial charge in [-0.3, -0.25) is 14.5 Å². The summed E-state index contributed by atoms with van der Waals surface area (Å²) < 4.78 is 10.1. The first-order valence-electron chi connectivity index (χ1n) is 7.09. The highest BCUT2D eigenvalue weighted by molar-refractivity contribution is 5.89. The second-order valence-electron chi connectivity index (χ2n) is 5.91. The molecule has 0 aliphatic carbocycles. The summed E-state index contributed by atoms with van der Waals surface area (Å²) in [5.41, 5.74) is -0.609. The van der Waals surface area contributed by atoms with E-state index in [1.807, 2.05) is 0 Å². The maximum absolute atomic E-state index is 12.2. The molecule has 0 radical (unpaired) electrons. The highest BCUT2D eigenvalue weighted by atomic mass is 16.6. The van der Waals surface area contributed by atoms with Gasteiger partial charge in [-0.1, -0.05) is 0 Å². The number of hydrogen-bond acceptors (Lipinski definition) is 5. The zero-order valence-corrected chi connectivity index (χ0v) is 13.3. The predicted octanol–water partition coefficient (Wildman–Crippen LogP) is 1.02. The van der Waals surface area contributed by atoms with Gasteiger partial charge in [0, 0.05) is 13.1 Å². The van der Waals surface area contributed by atoms with Crippen LogP contribution >= 0.6 is 0 Å². The van der Waals surface area contributed by atoms with Gasteiger partial charge < -0.3 is 14.4 Å². The molecular weight excluding hydrogens is 276 g/mol. The van der Waals surface area contributed by atoms with Gasteiger partial charge in [0.15, 0.2) is 0 Å². The highest BCUT2D eigenvalue weighted by Gasteiger charge is 2.37. The number of carbonyl (C=O) groups excluding carboxylic acids is 3. The Labute approximate surface area is 125 Å². The Morgan fingerprint density at radius 3 is 2.43 bits per heavy atom. The Balaban J connectivity index is 2.64. The van der Waals surface area contributed by atoms with Crippen molar-refractivity contribution < 1.29 is 23.9 Å². The number of rotatable bonds is 3. The van der Waals surface area contributed by atoms with Gasteiger partial charge in [0.05, 0.1) is 6.61 Å². The average molecular weight is 300 g/mol. The molecule has 21 heavy (non-hydrogen) atoms. The van der Waals surface area contributed by atoms with Crippen LogP contribution in [0.5, 0.6) is 0 Å². The molecule has 1 aliphatic rings. The third kappa shape index (κ3) is 4.91. The first-order valence-corrected chi connectivity index (χ1v) is 7.09. The summed E-state index contributed by atoms with van der Waals surface area (Å²) in [6.45, 7) is 9.48. The Morgan fingerprint density at radius 1 is 1.29 bits per heavy atom. The summed E-state index contributed by atoms with van der Waals surface area (Å²) in [6.07, 6.45) is -0.515. The van der Waals surface area contributed by atoms with E-state index in [-0.39, 0.29) is 19.1 Å². The van der Waals surface area contributed by atoms with Crippen LogP contribution in [0.15, 0.2) is 0 Å². The zero-order valence-electron chi connectivity index (χ0n) is 13.3. The molecule has 1 saturated heterocycles. The SMILES string of the molecule is CCOC(=O)CN1CCN(C(=O)OC(C)(C)C)C(C)C1=O. The van der Waals surface area contributed by atoms with Gasteiger partial charge in [-0.15, -0.1) is 0 Å². The monoisotopic (exact) mass is 300 g/mol. The molecule has 1 rings (SSSR count). The van der Waals surface area contributed by atoms with Crippen molar-refractivity contribution in [1.82, 2.24) is 9.80 Å². The van der Waals surface area contributed by atoms with Crippen molar-refractivity contribution in [3.8, 4) is 0 Å². The second-order valence-corrected chi connectivity index (χ2v) is 5.91. The summed E-state index contributed by atoms with van der Waals surface area (Å²) in [5.74, 6) is -0.719. The summed E-state index contributed by atoms with van der Waals surface area (Å²) >= 11 is 0. The summed E-state index contributed by atoms with van der Waals surface area (Å²) in [6, 6.07) is -0.650. The van der Waals surface area contributed by atoms with Crippen molar-refractivity contribution >= 4 is 18.0 Å². The smallest absolute Gasteiger partial charge is 0.411 e. The van der Waals surface area contributed by atoms with E-state index < -0.39 is 23.7 Å². The summed E-state index contributed by atoms with van der Waals surface area (Å²) in [5, 5.41) is 0. The van der Waals surface area contributed by atoms with Gasteiger partial charge >= 0.3 is 12.1 Å². The maximum Gasteiger partial charge on any atom is 0.411 e. The fourth-order valence-corrected chi connectivity index (χ4v) is 2.02. The molecule has 0 aromatic rings. The van der Waals surface area contributed by atoms with E-state index in [0.717, 1.165) is 0 Å². The zero-order chi connectivity index (χ0) is 16.2. The third-order valence-electron chi connectivity index (χ3n) is 3.00. The van der Waals surface area contributed by atoms with Gasteiger partial charge in [-0.25, -0.2) is 4.79 Å². The predicted molar refractivity (Wildman–Crippen MR) is 75.6 cm³/mol. The summed E-state index contributed by atoms with van der Waals surface area (Å²) in [4.78, 5) is 38.5. The summed E-state index contributed by atoms with van der Waals surface area (Å²) in [7, 11) is 0. The lowest BCUT2D eigenvalue weighted by atomic mass is 10.1. The molecule has 0 bridgehead atoms. The molecule has 1 aliphatic heterocycles. The molecule has 0 saturated carbocycles. The molecule has 1 atom stereocenters. The molecule has 7 nitrogen and oxygen atoms in total.